The van der Waals surface area contributed by atoms with Crippen LogP contribution in [-0.4, -0.2) is 36.6 Å². The summed E-state index contributed by atoms with van der Waals surface area (Å²) in [6.07, 6.45) is 3.31. The minimum Gasteiger partial charge on any atom is -0.466 e. The summed E-state index contributed by atoms with van der Waals surface area (Å²) in [6, 6.07) is 13.4. The lowest BCUT2D eigenvalue weighted by atomic mass is 9.78. The summed E-state index contributed by atoms with van der Waals surface area (Å²) in [5, 5.41) is 0. The Balaban J connectivity index is 1.80. The van der Waals surface area contributed by atoms with Crippen molar-refractivity contribution in [1.29, 1.82) is 0 Å². The number of carbonyl (C=O) groups excluding carboxylic acids is 1. The van der Waals surface area contributed by atoms with Gasteiger partial charge < -0.3 is 9.64 Å². The molecule has 2 aliphatic rings. The topological polar surface area (TPSA) is 29.5 Å². The molecule has 1 aliphatic carbocycles. The molecule has 0 amide bonds. The van der Waals surface area contributed by atoms with Crippen molar-refractivity contribution < 1.29 is 22.7 Å². The Morgan fingerprint density at radius 3 is 2.21 bits per heavy atom. The average Bonchev–Trinajstić information content (AvgIpc) is 2.91. The van der Waals surface area contributed by atoms with Crippen molar-refractivity contribution in [2.75, 3.05) is 19.7 Å². The number of rotatable bonds is 8. The molecule has 0 aromatic heterocycles. The minimum absolute atomic E-state index is 0.0352. The number of alkyl halides is 3. The first kappa shape index (κ1) is 28.7. The maximum Gasteiger partial charge on any atom is 0.416 e. The Kier molecular flexibility index (Phi) is 9.56. The van der Waals surface area contributed by atoms with Gasteiger partial charge in [-0.2, -0.15) is 13.2 Å². The van der Waals surface area contributed by atoms with Crippen LogP contribution in [0.25, 0.3) is 11.1 Å². The highest BCUT2D eigenvalue weighted by Crippen LogP contribution is 2.46. The summed E-state index contributed by atoms with van der Waals surface area (Å²) in [6.45, 7) is 7.35. The highest BCUT2D eigenvalue weighted by atomic mass is 19.4. The number of ether oxygens (including phenoxy) is 1. The van der Waals surface area contributed by atoms with Crippen LogP contribution in [0.5, 0.6) is 0 Å². The van der Waals surface area contributed by atoms with Crippen LogP contribution >= 0.6 is 0 Å². The van der Waals surface area contributed by atoms with Crippen molar-refractivity contribution in [3.8, 4) is 11.1 Å². The number of esters is 1. The molecular weight excluding hydrogens is 487 g/mol. The van der Waals surface area contributed by atoms with Gasteiger partial charge >= 0.3 is 12.1 Å². The Hall–Kier alpha value is -2.34. The van der Waals surface area contributed by atoms with Crippen LogP contribution < -0.4 is 0 Å². The van der Waals surface area contributed by atoms with Gasteiger partial charge in [-0.25, -0.2) is 0 Å². The van der Waals surface area contributed by atoms with E-state index in [9.17, 15) is 18.0 Å². The van der Waals surface area contributed by atoms with Gasteiger partial charge in [-0.1, -0.05) is 69.5 Å². The van der Waals surface area contributed by atoms with E-state index in [1.165, 1.54) is 32.1 Å². The molecule has 3 nitrogen and oxygen atoms in total. The summed E-state index contributed by atoms with van der Waals surface area (Å²) < 4.78 is 50.2. The first-order valence-corrected chi connectivity index (χ1v) is 14.4. The fraction of sp³-hybridized carbons (Fsp3) is 0.594. The fourth-order valence-electron chi connectivity index (χ4n) is 6.50. The van der Waals surface area contributed by atoms with Gasteiger partial charge in [0.25, 0.3) is 0 Å². The van der Waals surface area contributed by atoms with Gasteiger partial charge in [-0.15, -0.1) is 0 Å². The van der Waals surface area contributed by atoms with Crippen molar-refractivity contribution in [3.05, 3.63) is 59.2 Å². The number of carbonyl (C=O) groups is 1. The molecule has 2 fully saturated rings. The highest BCUT2D eigenvalue weighted by molar-refractivity contribution is 5.80. The van der Waals surface area contributed by atoms with Gasteiger partial charge in [0.2, 0.25) is 0 Å². The number of hydrogen-bond donors (Lipinski definition) is 0. The summed E-state index contributed by atoms with van der Waals surface area (Å²) in [4.78, 5) is 15.6. The van der Waals surface area contributed by atoms with E-state index in [1.54, 1.807) is 19.1 Å². The van der Waals surface area contributed by atoms with Gasteiger partial charge in [0.15, 0.2) is 0 Å². The molecular formula is C32H42F3NO2. The highest BCUT2D eigenvalue weighted by Gasteiger charge is 2.42. The summed E-state index contributed by atoms with van der Waals surface area (Å²) in [5.74, 6) is -1.70. The van der Waals surface area contributed by atoms with Gasteiger partial charge in [0.05, 0.1) is 18.1 Å². The van der Waals surface area contributed by atoms with E-state index in [4.69, 9.17) is 4.74 Å². The fourth-order valence-corrected chi connectivity index (χ4v) is 6.50. The number of nitrogens with zero attached hydrogens (tertiary/aromatic N) is 1. The molecule has 0 N–H and O–H groups in total. The summed E-state index contributed by atoms with van der Waals surface area (Å²) in [5.41, 5.74) is 1.38. The monoisotopic (exact) mass is 529 g/mol. The molecule has 1 saturated heterocycles. The smallest absolute Gasteiger partial charge is 0.416 e. The SMILES string of the molecule is CCOC(=O)C(CC(C)C)c1cc(-c2ccccc2)cc(C2CCN(C3CCCCC3)CC2)c1C(F)(F)F. The van der Waals surface area contributed by atoms with Gasteiger partial charge in [0, 0.05) is 6.04 Å². The quantitative estimate of drug-likeness (QED) is 0.321. The molecule has 38 heavy (non-hydrogen) atoms. The molecule has 1 unspecified atom stereocenters. The first-order chi connectivity index (χ1) is 18.2. The third-order valence-corrected chi connectivity index (χ3v) is 8.30. The lowest BCUT2D eigenvalue weighted by Gasteiger charge is -2.40. The van der Waals surface area contributed by atoms with Crippen LogP contribution in [-0.2, 0) is 15.7 Å². The van der Waals surface area contributed by atoms with Crippen LogP contribution in [0.1, 0.15) is 101 Å². The molecule has 4 rings (SSSR count). The number of likely N-dealkylation sites (tertiary alicyclic amines) is 1. The van der Waals surface area contributed by atoms with E-state index < -0.39 is 23.6 Å². The Bertz CT molecular complexity index is 1050. The van der Waals surface area contributed by atoms with Crippen molar-refractivity contribution in [2.45, 2.75) is 96.2 Å². The van der Waals surface area contributed by atoms with Crippen LogP contribution in [0, 0.1) is 5.92 Å². The van der Waals surface area contributed by atoms with Crippen LogP contribution in [0.15, 0.2) is 42.5 Å². The zero-order valence-electron chi connectivity index (χ0n) is 23.0. The molecule has 0 spiro atoms. The van der Waals surface area contributed by atoms with E-state index in [1.807, 2.05) is 44.2 Å². The Labute approximate surface area is 225 Å². The molecule has 208 valence electrons. The lowest BCUT2D eigenvalue weighted by Crippen LogP contribution is -2.42. The molecule has 1 saturated carbocycles. The number of halogens is 3. The van der Waals surface area contributed by atoms with E-state index in [2.05, 4.69) is 4.90 Å². The zero-order chi connectivity index (χ0) is 27.3. The Morgan fingerprint density at radius 2 is 1.63 bits per heavy atom. The molecule has 2 aromatic carbocycles. The van der Waals surface area contributed by atoms with Gasteiger partial charge in [-0.3, -0.25) is 4.79 Å². The van der Waals surface area contributed by atoms with E-state index >= 15 is 0 Å². The molecule has 2 aromatic rings. The molecule has 6 heteroatoms. The molecule has 1 atom stereocenters. The third-order valence-electron chi connectivity index (χ3n) is 8.30. The third kappa shape index (κ3) is 6.80. The van der Waals surface area contributed by atoms with Crippen molar-refractivity contribution in [1.82, 2.24) is 4.90 Å². The van der Waals surface area contributed by atoms with Crippen LogP contribution in [0.4, 0.5) is 13.2 Å². The zero-order valence-corrected chi connectivity index (χ0v) is 23.0. The molecule has 1 heterocycles. The van der Waals surface area contributed by atoms with Crippen molar-refractivity contribution >= 4 is 5.97 Å². The summed E-state index contributed by atoms with van der Waals surface area (Å²) >= 11 is 0. The van der Waals surface area contributed by atoms with E-state index in [-0.39, 0.29) is 24.0 Å². The second-order valence-electron chi connectivity index (χ2n) is 11.4. The number of benzene rings is 2. The number of hydrogen-bond acceptors (Lipinski definition) is 3. The van der Waals surface area contributed by atoms with Crippen LogP contribution in [0.2, 0.25) is 0 Å². The van der Waals surface area contributed by atoms with Gasteiger partial charge in [-0.05, 0) is 92.3 Å². The molecule has 0 bridgehead atoms. The second-order valence-corrected chi connectivity index (χ2v) is 11.4. The molecule has 0 radical (unpaired) electrons. The predicted octanol–water partition coefficient (Wildman–Crippen LogP) is 8.58. The normalized spacial score (nSPS) is 19.0. The largest absolute Gasteiger partial charge is 0.466 e. The van der Waals surface area contributed by atoms with Crippen LogP contribution in [0.3, 0.4) is 0 Å². The van der Waals surface area contributed by atoms with E-state index in [0.717, 1.165) is 24.2 Å². The van der Waals surface area contributed by atoms with Gasteiger partial charge in [0.1, 0.15) is 0 Å². The maximum atomic E-state index is 14.9. The Morgan fingerprint density at radius 1 is 0.974 bits per heavy atom. The maximum absolute atomic E-state index is 14.9. The first-order valence-electron chi connectivity index (χ1n) is 14.4. The predicted molar refractivity (Wildman–Crippen MR) is 146 cm³/mol. The lowest BCUT2D eigenvalue weighted by molar-refractivity contribution is -0.146. The minimum atomic E-state index is -4.57. The van der Waals surface area contributed by atoms with E-state index in [0.29, 0.717) is 30.9 Å². The summed E-state index contributed by atoms with van der Waals surface area (Å²) in [7, 11) is 0. The standard InChI is InChI=1S/C32H42F3NO2/c1-4-38-31(37)29(19-22(2)3)28-21-25(23-11-7-5-8-12-23)20-27(30(28)32(33,34)35)24-15-17-36(18-16-24)26-13-9-6-10-14-26/h5,7-8,11-12,20-22,24,26,29H,4,6,9-10,13-19H2,1-3H3. The van der Waals surface area contributed by atoms with Crippen molar-refractivity contribution in [2.24, 2.45) is 5.92 Å². The average molecular weight is 530 g/mol. The number of piperidine rings is 1. The van der Waals surface area contributed by atoms with Crippen molar-refractivity contribution in [3.63, 3.8) is 0 Å². The second kappa shape index (κ2) is 12.7. The molecule has 1 aliphatic heterocycles.